The molecule has 1 aliphatic heterocycles. The first kappa shape index (κ1) is 24.1. The van der Waals surface area contributed by atoms with Crippen LogP contribution in [0.15, 0.2) is 29.3 Å². The van der Waals surface area contributed by atoms with E-state index in [0.717, 1.165) is 56.4 Å². The molecule has 1 fully saturated rings. The molecule has 1 aliphatic rings. The van der Waals surface area contributed by atoms with Gasteiger partial charge >= 0.3 is 0 Å². The van der Waals surface area contributed by atoms with Crippen LogP contribution in [0, 0.1) is 0 Å². The SMILES string of the molecule is CCNC(=NCc1c(CC)nn(C)c1CC)NCC(c1ccc(OC)cc1)N1CCCC1. The second kappa shape index (κ2) is 11.9. The Bertz CT molecular complexity index is 867. The van der Waals surface area contributed by atoms with Gasteiger partial charge in [-0.15, -0.1) is 0 Å². The summed E-state index contributed by atoms with van der Waals surface area (Å²) < 4.78 is 7.36. The molecule has 1 atom stereocenters. The van der Waals surface area contributed by atoms with Gasteiger partial charge in [-0.2, -0.15) is 5.10 Å². The normalized spacial score (nSPS) is 15.7. The third-order valence-corrected chi connectivity index (χ3v) is 6.31. The fourth-order valence-electron chi connectivity index (χ4n) is 4.60. The van der Waals surface area contributed by atoms with E-state index in [0.29, 0.717) is 12.6 Å². The first-order valence-corrected chi connectivity index (χ1v) is 12.0. The van der Waals surface area contributed by atoms with Crippen molar-refractivity contribution in [3.63, 3.8) is 0 Å². The van der Waals surface area contributed by atoms with E-state index in [4.69, 9.17) is 14.8 Å². The number of likely N-dealkylation sites (tertiary alicyclic amines) is 1. The zero-order valence-corrected chi connectivity index (χ0v) is 20.4. The number of benzene rings is 1. The fraction of sp³-hybridized carbons (Fsp3) is 0.600. The summed E-state index contributed by atoms with van der Waals surface area (Å²) in [7, 11) is 3.74. The third kappa shape index (κ3) is 5.82. The van der Waals surface area contributed by atoms with Crippen LogP contribution in [0.5, 0.6) is 5.75 Å². The quantitative estimate of drug-likeness (QED) is 0.438. The highest BCUT2D eigenvalue weighted by molar-refractivity contribution is 5.79. The van der Waals surface area contributed by atoms with E-state index in [9.17, 15) is 0 Å². The van der Waals surface area contributed by atoms with Gasteiger partial charge in [-0.1, -0.05) is 26.0 Å². The number of hydrogen-bond donors (Lipinski definition) is 2. The summed E-state index contributed by atoms with van der Waals surface area (Å²) in [4.78, 5) is 7.51. The molecule has 7 heteroatoms. The van der Waals surface area contributed by atoms with Crippen LogP contribution in [0.1, 0.15) is 62.2 Å². The molecular weight excluding hydrogens is 400 g/mol. The van der Waals surface area contributed by atoms with E-state index in [1.54, 1.807) is 7.11 Å². The molecule has 7 nitrogen and oxygen atoms in total. The minimum Gasteiger partial charge on any atom is -0.497 e. The van der Waals surface area contributed by atoms with Crippen molar-refractivity contribution in [3.8, 4) is 5.75 Å². The van der Waals surface area contributed by atoms with Crippen LogP contribution in [0.2, 0.25) is 0 Å². The van der Waals surface area contributed by atoms with Gasteiger partial charge in [0.05, 0.1) is 25.4 Å². The summed E-state index contributed by atoms with van der Waals surface area (Å²) >= 11 is 0. The van der Waals surface area contributed by atoms with Gasteiger partial charge in [-0.3, -0.25) is 9.58 Å². The average molecular weight is 441 g/mol. The summed E-state index contributed by atoms with van der Waals surface area (Å²) in [5, 5.41) is 11.7. The molecule has 0 amide bonds. The largest absolute Gasteiger partial charge is 0.497 e. The molecule has 0 saturated carbocycles. The molecule has 1 unspecified atom stereocenters. The van der Waals surface area contributed by atoms with Crippen LogP contribution in [0.3, 0.4) is 0 Å². The van der Waals surface area contributed by atoms with E-state index >= 15 is 0 Å². The predicted molar refractivity (Wildman–Crippen MR) is 131 cm³/mol. The van der Waals surface area contributed by atoms with E-state index in [-0.39, 0.29) is 0 Å². The molecule has 0 radical (unpaired) electrons. The van der Waals surface area contributed by atoms with Crippen LogP contribution in [0.25, 0.3) is 0 Å². The average Bonchev–Trinajstić information content (AvgIpc) is 3.45. The Morgan fingerprint density at radius 2 is 1.81 bits per heavy atom. The Kier molecular flexibility index (Phi) is 8.97. The number of nitrogens with one attached hydrogen (secondary N) is 2. The molecule has 0 spiro atoms. The van der Waals surface area contributed by atoms with E-state index in [1.807, 2.05) is 11.7 Å². The lowest BCUT2D eigenvalue weighted by Gasteiger charge is -2.29. The number of aromatic nitrogens is 2. The molecule has 3 rings (SSSR count). The van der Waals surface area contributed by atoms with Crippen LogP contribution in [-0.4, -0.2) is 53.9 Å². The zero-order chi connectivity index (χ0) is 22.9. The Morgan fingerprint density at radius 1 is 1.09 bits per heavy atom. The summed E-state index contributed by atoms with van der Waals surface area (Å²) in [6.07, 6.45) is 4.42. The standard InChI is InChI=1S/C25H40N6O/c1-6-22-21(23(7-2)30(4)29-22)17-27-25(26-8-3)28-18-24(31-15-9-10-16-31)19-11-13-20(32-5)14-12-19/h11-14,24H,6-10,15-18H2,1-5H3,(H2,26,27,28). The molecule has 32 heavy (non-hydrogen) atoms. The number of aliphatic imine (C=N–C) groups is 1. The molecule has 0 aliphatic carbocycles. The van der Waals surface area contributed by atoms with Crippen LogP contribution < -0.4 is 15.4 Å². The third-order valence-electron chi connectivity index (χ3n) is 6.31. The lowest BCUT2D eigenvalue weighted by atomic mass is 10.1. The van der Waals surface area contributed by atoms with Crippen molar-refractivity contribution in [3.05, 3.63) is 46.8 Å². The fourth-order valence-corrected chi connectivity index (χ4v) is 4.60. The Balaban J connectivity index is 1.76. The lowest BCUT2D eigenvalue weighted by molar-refractivity contribution is 0.245. The van der Waals surface area contributed by atoms with Gasteiger partial charge in [0.25, 0.3) is 0 Å². The Morgan fingerprint density at radius 3 is 2.41 bits per heavy atom. The van der Waals surface area contributed by atoms with E-state index in [2.05, 4.69) is 60.6 Å². The van der Waals surface area contributed by atoms with Gasteiger partial charge in [-0.25, -0.2) is 4.99 Å². The van der Waals surface area contributed by atoms with Crippen molar-refractivity contribution in [2.24, 2.45) is 12.0 Å². The van der Waals surface area contributed by atoms with Crippen molar-refractivity contribution in [1.29, 1.82) is 0 Å². The molecule has 2 heterocycles. The van der Waals surface area contributed by atoms with Crippen molar-refractivity contribution in [2.75, 3.05) is 33.3 Å². The number of aryl methyl sites for hydroxylation is 2. The Hall–Kier alpha value is -2.54. The van der Waals surface area contributed by atoms with Gasteiger partial charge in [0.1, 0.15) is 5.75 Å². The second-order valence-corrected chi connectivity index (χ2v) is 8.31. The highest BCUT2D eigenvalue weighted by Crippen LogP contribution is 2.26. The maximum absolute atomic E-state index is 5.35. The summed E-state index contributed by atoms with van der Waals surface area (Å²) in [6, 6.07) is 8.79. The van der Waals surface area contributed by atoms with Crippen LogP contribution in [-0.2, 0) is 26.4 Å². The number of methoxy groups -OCH3 is 1. The molecule has 1 aromatic heterocycles. The summed E-state index contributed by atoms with van der Waals surface area (Å²) in [5.74, 6) is 1.75. The lowest BCUT2D eigenvalue weighted by Crippen LogP contribution is -2.42. The van der Waals surface area contributed by atoms with Crippen molar-refractivity contribution in [1.82, 2.24) is 25.3 Å². The zero-order valence-electron chi connectivity index (χ0n) is 20.4. The van der Waals surface area contributed by atoms with Crippen molar-refractivity contribution < 1.29 is 4.74 Å². The second-order valence-electron chi connectivity index (χ2n) is 8.31. The Labute approximate surface area is 193 Å². The van der Waals surface area contributed by atoms with Gasteiger partial charge < -0.3 is 15.4 Å². The van der Waals surface area contributed by atoms with Crippen LogP contribution >= 0.6 is 0 Å². The van der Waals surface area contributed by atoms with E-state index < -0.39 is 0 Å². The smallest absolute Gasteiger partial charge is 0.191 e. The molecule has 0 bridgehead atoms. The maximum atomic E-state index is 5.35. The van der Waals surface area contributed by atoms with Gasteiger partial charge in [0.15, 0.2) is 5.96 Å². The molecule has 2 aromatic rings. The highest BCUT2D eigenvalue weighted by Gasteiger charge is 2.24. The van der Waals surface area contributed by atoms with Gasteiger partial charge in [-0.05, 0) is 63.4 Å². The summed E-state index contributed by atoms with van der Waals surface area (Å²) in [6.45, 7) is 11.0. The number of hydrogen-bond acceptors (Lipinski definition) is 4. The highest BCUT2D eigenvalue weighted by atomic mass is 16.5. The van der Waals surface area contributed by atoms with Crippen LogP contribution in [0.4, 0.5) is 0 Å². The van der Waals surface area contributed by atoms with Gasteiger partial charge in [0, 0.05) is 31.4 Å². The van der Waals surface area contributed by atoms with Gasteiger partial charge in [0.2, 0.25) is 0 Å². The molecule has 1 aromatic carbocycles. The minimum absolute atomic E-state index is 0.308. The monoisotopic (exact) mass is 440 g/mol. The topological polar surface area (TPSA) is 66.7 Å². The number of ether oxygens (including phenoxy) is 1. The predicted octanol–water partition coefficient (Wildman–Crippen LogP) is 3.45. The first-order valence-electron chi connectivity index (χ1n) is 12.0. The molecular formula is C25H40N6O. The number of rotatable bonds is 10. The molecule has 1 saturated heterocycles. The van der Waals surface area contributed by atoms with Crippen molar-refractivity contribution in [2.45, 2.75) is 59.0 Å². The number of nitrogens with zero attached hydrogens (tertiary/aromatic N) is 4. The molecule has 2 N–H and O–H groups in total. The summed E-state index contributed by atoms with van der Waals surface area (Å²) in [5.41, 5.74) is 5.00. The maximum Gasteiger partial charge on any atom is 0.191 e. The minimum atomic E-state index is 0.308. The number of guanidine groups is 1. The first-order chi connectivity index (χ1) is 15.6. The van der Waals surface area contributed by atoms with E-state index in [1.165, 1.54) is 29.7 Å². The molecule has 176 valence electrons. The van der Waals surface area contributed by atoms with Crippen molar-refractivity contribution >= 4 is 5.96 Å².